The molecule has 198 valence electrons. The van der Waals surface area contributed by atoms with Crippen molar-refractivity contribution in [2.24, 2.45) is 0 Å². The van der Waals surface area contributed by atoms with Crippen LogP contribution in [0, 0.1) is 0 Å². The highest BCUT2D eigenvalue weighted by Crippen LogP contribution is 2.34. The number of rotatable bonds is 13. The molecule has 4 rings (SSSR count). The van der Waals surface area contributed by atoms with Gasteiger partial charge in [-0.15, -0.1) is 0 Å². The fourth-order valence-corrected chi connectivity index (χ4v) is 5.53. The minimum absolute atomic E-state index is 0.794. The summed E-state index contributed by atoms with van der Waals surface area (Å²) in [6.45, 7) is 10.6. The van der Waals surface area contributed by atoms with E-state index >= 15 is 0 Å². The number of unbranched alkanes of at least 4 members (excludes halogenated alkanes) is 1. The lowest BCUT2D eigenvalue weighted by Crippen LogP contribution is -2.30. The van der Waals surface area contributed by atoms with Gasteiger partial charge in [-0.25, -0.2) is 0 Å². The summed E-state index contributed by atoms with van der Waals surface area (Å²) in [5, 5.41) is 0. The molecule has 4 heteroatoms. The molecule has 4 nitrogen and oxygen atoms in total. The summed E-state index contributed by atoms with van der Waals surface area (Å²) < 4.78 is 12.2. The van der Waals surface area contributed by atoms with Crippen LogP contribution in [0.5, 0.6) is 11.5 Å². The molecule has 0 amide bonds. The van der Waals surface area contributed by atoms with Crippen LogP contribution in [0.4, 0.5) is 11.4 Å². The summed E-state index contributed by atoms with van der Waals surface area (Å²) in [7, 11) is 0. The molecule has 36 heavy (non-hydrogen) atoms. The van der Waals surface area contributed by atoms with E-state index in [2.05, 4.69) is 60.0 Å². The third-order valence-corrected chi connectivity index (χ3v) is 7.54. The maximum absolute atomic E-state index is 6.12. The second kappa shape index (κ2) is 14.4. The highest BCUT2D eigenvalue weighted by molar-refractivity contribution is 5.61. The van der Waals surface area contributed by atoms with Crippen LogP contribution in [0.15, 0.2) is 36.4 Å². The van der Waals surface area contributed by atoms with Crippen molar-refractivity contribution in [3.63, 3.8) is 0 Å². The number of hydrogen-bond donors (Lipinski definition) is 0. The van der Waals surface area contributed by atoms with Crippen molar-refractivity contribution >= 4 is 11.4 Å². The summed E-state index contributed by atoms with van der Waals surface area (Å²) in [6.07, 6.45) is 14.6. The molecule has 0 bridgehead atoms. The van der Waals surface area contributed by atoms with E-state index in [9.17, 15) is 0 Å². The Morgan fingerprint density at radius 1 is 0.583 bits per heavy atom. The van der Waals surface area contributed by atoms with E-state index < -0.39 is 0 Å². The predicted molar refractivity (Wildman–Crippen MR) is 153 cm³/mol. The van der Waals surface area contributed by atoms with E-state index in [4.69, 9.17) is 9.47 Å². The highest BCUT2D eigenvalue weighted by atomic mass is 16.5. The number of anilines is 2. The van der Waals surface area contributed by atoms with Gasteiger partial charge >= 0.3 is 0 Å². The minimum Gasteiger partial charge on any atom is -0.491 e. The molecule has 0 spiro atoms. The first kappa shape index (κ1) is 26.7. The van der Waals surface area contributed by atoms with Gasteiger partial charge in [-0.05, 0) is 112 Å². The monoisotopic (exact) mass is 492 g/mol. The first-order valence-corrected chi connectivity index (χ1v) is 14.8. The van der Waals surface area contributed by atoms with Gasteiger partial charge in [0.25, 0.3) is 0 Å². The maximum atomic E-state index is 6.12. The van der Waals surface area contributed by atoms with Crippen molar-refractivity contribution in [3.8, 4) is 11.5 Å². The topological polar surface area (TPSA) is 24.9 Å². The molecule has 0 aliphatic carbocycles. The summed E-state index contributed by atoms with van der Waals surface area (Å²) >= 11 is 0. The molecule has 0 aromatic heterocycles. The lowest BCUT2D eigenvalue weighted by molar-refractivity contribution is 0.317. The summed E-state index contributed by atoms with van der Waals surface area (Å²) in [5.74, 6) is 2.14. The minimum atomic E-state index is 0.794. The standard InChI is InChI=1S/C32H48N2O2/c1-3-23-35-31-17-15-27(25-29(31)33-19-9-5-10-20-33)13-7-8-14-28-16-18-32(36-24-4-2)30(26-28)34-21-11-6-12-22-34/h15-18,25-26H,3-14,19-24H2,1-2H3. The number of hydrogen-bond acceptors (Lipinski definition) is 4. The summed E-state index contributed by atoms with van der Waals surface area (Å²) in [6, 6.07) is 13.8. The second-order valence-electron chi connectivity index (χ2n) is 10.6. The Labute approximate surface area is 220 Å². The van der Waals surface area contributed by atoms with Gasteiger partial charge in [0.05, 0.1) is 24.6 Å². The predicted octanol–water partition coefficient (Wildman–Crippen LogP) is 7.81. The normalized spacial score (nSPS) is 16.3. The van der Waals surface area contributed by atoms with Crippen LogP contribution >= 0.6 is 0 Å². The Kier molecular flexibility index (Phi) is 10.7. The van der Waals surface area contributed by atoms with E-state index in [0.717, 1.165) is 76.6 Å². The largest absolute Gasteiger partial charge is 0.491 e. The molecular weight excluding hydrogens is 444 g/mol. The Balaban J connectivity index is 1.35. The van der Waals surface area contributed by atoms with Crippen LogP contribution in [-0.2, 0) is 12.8 Å². The van der Waals surface area contributed by atoms with Gasteiger partial charge in [0.1, 0.15) is 11.5 Å². The number of ether oxygens (including phenoxy) is 2. The van der Waals surface area contributed by atoms with Crippen molar-refractivity contribution in [1.29, 1.82) is 0 Å². The Morgan fingerprint density at radius 2 is 1.00 bits per heavy atom. The molecule has 2 heterocycles. The van der Waals surface area contributed by atoms with Crippen LogP contribution in [0.1, 0.15) is 89.2 Å². The van der Waals surface area contributed by atoms with Crippen LogP contribution < -0.4 is 19.3 Å². The first-order valence-electron chi connectivity index (χ1n) is 14.8. The van der Waals surface area contributed by atoms with Crippen molar-refractivity contribution < 1.29 is 9.47 Å². The number of aryl methyl sites for hydroxylation is 2. The number of piperidine rings is 2. The van der Waals surface area contributed by atoms with Gasteiger partial charge in [-0.3, -0.25) is 0 Å². The lowest BCUT2D eigenvalue weighted by atomic mass is 10.0. The molecule has 2 saturated heterocycles. The molecule has 2 fully saturated rings. The Bertz CT molecular complexity index is 841. The van der Waals surface area contributed by atoms with Crippen molar-refractivity contribution in [2.75, 3.05) is 49.2 Å². The van der Waals surface area contributed by atoms with Crippen molar-refractivity contribution in [3.05, 3.63) is 47.5 Å². The molecular formula is C32H48N2O2. The lowest BCUT2D eigenvalue weighted by Gasteiger charge is -2.31. The molecule has 2 aliphatic rings. The maximum Gasteiger partial charge on any atom is 0.142 e. The van der Waals surface area contributed by atoms with Gasteiger partial charge in [0.15, 0.2) is 0 Å². The van der Waals surface area contributed by atoms with Gasteiger partial charge in [0.2, 0.25) is 0 Å². The van der Waals surface area contributed by atoms with E-state index in [-0.39, 0.29) is 0 Å². The molecule has 2 aromatic carbocycles. The molecule has 2 aliphatic heterocycles. The smallest absolute Gasteiger partial charge is 0.142 e. The van der Waals surface area contributed by atoms with Gasteiger partial charge in [-0.1, -0.05) is 26.0 Å². The fourth-order valence-electron chi connectivity index (χ4n) is 5.53. The molecule has 0 atom stereocenters. The average molecular weight is 493 g/mol. The zero-order chi connectivity index (χ0) is 25.0. The molecule has 2 aromatic rings. The molecule has 0 radical (unpaired) electrons. The van der Waals surface area contributed by atoms with Gasteiger partial charge < -0.3 is 19.3 Å². The zero-order valence-corrected chi connectivity index (χ0v) is 22.9. The Hall–Kier alpha value is -2.36. The van der Waals surface area contributed by atoms with E-state index in [1.165, 1.54) is 73.9 Å². The van der Waals surface area contributed by atoms with E-state index in [0.29, 0.717) is 0 Å². The van der Waals surface area contributed by atoms with Crippen molar-refractivity contribution in [1.82, 2.24) is 0 Å². The summed E-state index contributed by atoms with van der Waals surface area (Å²) in [5.41, 5.74) is 5.51. The average Bonchev–Trinajstić information content (AvgIpc) is 2.94. The van der Waals surface area contributed by atoms with Crippen molar-refractivity contribution in [2.45, 2.75) is 90.9 Å². The van der Waals surface area contributed by atoms with Crippen LogP contribution in [-0.4, -0.2) is 39.4 Å². The number of benzene rings is 2. The number of nitrogens with zero attached hydrogens (tertiary/aromatic N) is 2. The quantitative estimate of drug-likeness (QED) is 0.266. The van der Waals surface area contributed by atoms with E-state index in [1.807, 2.05) is 0 Å². The fraction of sp³-hybridized carbons (Fsp3) is 0.625. The second-order valence-corrected chi connectivity index (χ2v) is 10.6. The SMILES string of the molecule is CCCOc1ccc(CCCCc2ccc(OCCC)c(N3CCCCC3)c2)cc1N1CCCCC1. The summed E-state index contributed by atoms with van der Waals surface area (Å²) in [4.78, 5) is 5.09. The molecule has 0 N–H and O–H groups in total. The first-order chi connectivity index (χ1) is 17.8. The van der Waals surface area contributed by atoms with Gasteiger partial charge in [0, 0.05) is 26.2 Å². The highest BCUT2D eigenvalue weighted by Gasteiger charge is 2.17. The third-order valence-electron chi connectivity index (χ3n) is 7.54. The molecule has 0 saturated carbocycles. The molecule has 0 unspecified atom stereocenters. The van der Waals surface area contributed by atoms with Crippen LogP contribution in [0.25, 0.3) is 0 Å². The third kappa shape index (κ3) is 7.57. The van der Waals surface area contributed by atoms with E-state index in [1.54, 1.807) is 0 Å². The van der Waals surface area contributed by atoms with Crippen LogP contribution in [0.2, 0.25) is 0 Å². The Morgan fingerprint density at radius 3 is 1.39 bits per heavy atom. The van der Waals surface area contributed by atoms with Gasteiger partial charge in [-0.2, -0.15) is 0 Å². The van der Waals surface area contributed by atoms with Crippen LogP contribution in [0.3, 0.4) is 0 Å². The zero-order valence-electron chi connectivity index (χ0n) is 22.9.